The minimum absolute atomic E-state index is 0.111. The lowest BCUT2D eigenvalue weighted by atomic mass is 10.3. The topological polar surface area (TPSA) is 61.9 Å². The first kappa shape index (κ1) is 7.01. The molecule has 0 unspecified atom stereocenters. The van der Waals surface area contributed by atoms with Crippen LogP contribution >= 0.6 is 0 Å². The fraction of sp³-hybridized carbons (Fsp3) is 0.400. The van der Waals surface area contributed by atoms with Crippen molar-refractivity contribution in [3.05, 3.63) is 11.8 Å². The molecule has 8 heavy (non-hydrogen) atoms. The molecule has 0 saturated carbocycles. The van der Waals surface area contributed by atoms with Crippen LogP contribution in [0, 0.1) is 5.41 Å². The quantitative estimate of drug-likeness (QED) is 0.350. The Bertz CT molecular complexity index is 115. The maximum atomic E-state index is 6.87. The molecule has 0 aromatic rings. The molecular formula is C5H11N3. The SMILES string of the molecule is CN/C=C(/C)C(=N)N. The number of rotatable bonds is 2. The minimum Gasteiger partial charge on any atom is -0.394 e. The van der Waals surface area contributed by atoms with Gasteiger partial charge in [0, 0.05) is 18.8 Å². The van der Waals surface area contributed by atoms with Crippen LogP contribution < -0.4 is 11.1 Å². The number of hydrogen-bond donors (Lipinski definition) is 3. The summed E-state index contributed by atoms with van der Waals surface area (Å²) in [7, 11) is 1.77. The van der Waals surface area contributed by atoms with Gasteiger partial charge in [0.05, 0.1) is 0 Å². The lowest BCUT2D eigenvalue weighted by molar-refractivity contribution is 1.08. The van der Waals surface area contributed by atoms with E-state index in [1.54, 1.807) is 20.2 Å². The highest BCUT2D eigenvalue weighted by molar-refractivity contribution is 5.93. The van der Waals surface area contributed by atoms with Crippen molar-refractivity contribution in [3.8, 4) is 0 Å². The van der Waals surface area contributed by atoms with Crippen molar-refractivity contribution >= 4 is 5.84 Å². The molecule has 0 aliphatic carbocycles. The molecule has 0 spiro atoms. The van der Waals surface area contributed by atoms with Crippen molar-refractivity contribution < 1.29 is 0 Å². The first-order chi connectivity index (χ1) is 3.68. The zero-order valence-corrected chi connectivity index (χ0v) is 5.15. The summed E-state index contributed by atoms with van der Waals surface area (Å²) in [5, 5.41) is 9.64. The van der Waals surface area contributed by atoms with Crippen LogP contribution in [0.15, 0.2) is 11.8 Å². The second-order valence-electron chi connectivity index (χ2n) is 1.53. The van der Waals surface area contributed by atoms with E-state index in [2.05, 4.69) is 5.32 Å². The molecule has 0 fully saturated rings. The minimum atomic E-state index is 0.111. The number of nitrogens with one attached hydrogen (secondary N) is 2. The summed E-state index contributed by atoms with van der Waals surface area (Å²) >= 11 is 0. The molecule has 0 saturated heterocycles. The molecule has 4 N–H and O–H groups in total. The van der Waals surface area contributed by atoms with Gasteiger partial charge in [-0.25, -0.2) is 0 Å². The van der Waals surface area contributed by atoms with Crippen LogP contribution in [-0.4, -0.2) is 12.9 Å². The van der Waals surface area contributed by atoms with E-state index < -0.39 is 0 Å². The summed E-state index contributed by atoms with van der Waals surface area (Å²) in [5.41, 5.74) is 5.85. The van der Waals surface area contributed by atoms with Gasteiger partial charge in [-0.2, -0.15) is 0 Å². The van der Waals surface area contributed by atoms with E-state index >= 15 is 0 Å². The fourth-order valence-corrected chi connectivity index (χ4v) is 0.294. The summed E-state index contributed by atoms with van der Waals surface area (Å²) in [5.74, 6) is 0.111. The van der Waals surface area contributed by atoms with E-state index in [1.807, 2.05) is 0 Å². The Labute approximate surface area is 49.1 Å². The first-order valence-electron chi connectivity index (χ1n) is 2.37. The average molecular weight is 113 g/mol. The molecule has 0 bridgehead atoms. The molecule has 0 aromatic heterocycles. The monoisotopic (exact) mass is 113 g/mol. The largest absolute Gasteiger partial charge is 0.394 e. The average Bonchev–Trinajstić information content (AvgIpc) is 1.67. The number of nitrogens with two attached hydrogens (primary N) is 1. The smallest absolute Gasteiger partial charge is 0.119 e. The molecule has 0 aliphatic heterocycles. The van der Waals surface area contributed by atoms with Gasteiger partial charge < -0.3 is 11.1 Å². The Hall–Kier alpha value is -0.990. The summed E-state index contributed by atoms with van der Waals surface area (Å²) in [4.78, 5) is 0. The van der Waals surface area contributed by atoms with Crippen molar-refractivity contribution in [2.45, 2.75) is 6.92 Å². The van der Waals surface area contributed by atoms with Crippen LogP contribution in [0.5, 0.6) is 0 Å². The highest BCUT2D eigenvalue weighted by atomic mass is 14.8. The van der Waals surface area contributed by atoms with Gasteiger partial charge in [0.25, 0.3) is 0 Å². The molecule has 3 nitrogen and oxygen atoms in total. The molecule has 46 valence electrons. The molecule has 0 aromatic carbocycles. The van der Waals surface area contributed by atoms with Crippen molar-refractivity contribution in [1.82, 2.24) is 5.32 Å². The molecule has 3 heteroatoms. The van der Waals surface area contributed by atoms with Crippen LogP contribution in [0.1, 0.15) is 6.92 Å². The Kier molecular flexibility index (Phi) is 2.69. The Balaban J connectivity index is 3.80. The Morgan fingerprint density at radius 3 is 2.38 bits per heavy atom. The number of amidine groups is 1. The molecule has 0 radical (unpaired) electrons. The second kappa shape index (κ2) is 3.07. The van der Waals surface area contributed by atoms with E-state index in [-0.39, 0.29) is 5.84 Å². The van der Waals surface area contributed by atoms with E-state index in [0.717, 1.165) is 5.57 Å². The van der Waals surface area contributed by atoms with Gasteiger partial charge in [0.1, 0.15) is 5.84 Å². The fourth-order valence-electron chi connectivity index (χ4n) is 0.294. The second-order valence-corrected chi connectivity index (χ2v) is 1.53. The summed E-state index contributed by atoms with van der Waals surface area (Å²) < 4.78 is 0. The van der Waals surface area contributed by atoms with E-state index in [1.165, 1.54) is 0 Å². The highest BCUT2D eigenvalue weighted by Gasteiger charge is 1.87. The molecule has 0 atom stereocenters. The van der Waals surface area contributed by atoms with Crippen LogP contribution in [-0.2, 0) is 0 Å². The van der Waals surface area contributed by atoms with Crippen LogP contribution in [0.3, 0.4) is 0 Å². The van der Waals surface area contributed by atoms with Gasteiger partial charge in [-0.05, 0) is 6.92 Å². The summed E-state index contributed by atoms with van der Waals surface area (Å²) in [6, 6.07) is 0. The lowest BCUT2D eigenvalue weighted by Gasteiger charge is -1.94. The summed E-state index contributed by atoms with van der Waals surface area (Å²) in [6.07, 6.45) is 1.68. The maximum absolute atomic E-state index is 6.87. The van der Waals surface area contributed by atoms with Crippen molar-refractivity contribution in [2.75, 3.05) is 7.05 Å². The summed E-state index contributed by atoms with van der Waals surface area (Å²) in [6.45, 7) is 1.78. The Morgan fingerprint density at radius 1 is 1.75 bits per heavy atom. The standard InChI is InChI=1S/C5H11N3/c1-4(3-8-2)5(6)7/h3,8H,1-2H3,(H3,6,7)/b4-3-. The van der Waals surface area contributed by atoms with E-state index in [0.29, 0.717) is 0 Å². The van der Waals surface area contributed by atoms with Crippen molar-refractivity contribution in [2.24, 2.45) is 5.73 Å². The van der Waals surface area contributed by atoms with Crippen molar-refractivity contribution in [3.63, 3.8) is 0 Å². The molecule has 0 heterocycles. The number of hydrogen-bond acceptors (Lipinski definition) is 2. The third kappa shape index (κ3) is 2.23. The van der Waals surface area contributed by atoms with Gasteiger partial charge in [0.15, 0.2) is 0 Å². The third-order valence-corrected chi connectivity index (χ3v) is 0.786. The van der Waals surface area contributed by atoms with Gasteiger partial charge in [-0.3, -0.25) is 5.41 Å². The van der Waals surface area contributed by atoms with Crippen LogP contribution in [0.25, 0.3) is 0 Å². The normalized spacial score (nSPS) is 11.0. The predicted molar refractivity (Wildman–Crippen MR) is 34.7 cm³/mol. The van der Waals surface area contributed by atoms with E-state index in [9.17, 15) is 0 Å². The van der Waals surface area contributed by atoms with Crippen molar-refractivity contribution in [1.29, 1.82) is 5.41 Å². The zero-order chi connectivity index (χ0) is 6.57. The Morgan fingerprint density at radius 2 is 2.25 bits per heavy atom. The van der Waals surface area contributed by atoms with Gasteiger partial charge >= 0.3 is 0 Å². The molecule has 0 aliphatic rings. The third-order valence-electron chi connectivity index (χ3n) is 0.786. The molecule has 0 rings (SSSR count). The van der Waals surface area contributed by atoms with Gasteiger partial charge in [-0.15, -0.1) is 0 Å². The van der Waals surface area contributed by atoms with E-state index in [4.69, 9.17) is 11.1 Å². The van der Waals surface area contributed by atoms with Crippen LogP contribution in [0.2, 0.25) is 0 Å². The predicted octanol–water partition coefficient (Wildman–Crippen LogP) is 0.0456. The van der Waals surface area contributed by atoms with Gasteiger partial charge in [0.2, 0.25) is 0 Å². The molecule has 0 amide bonds. The van der Waals surface area contributed by atoms with Gasteiger partial charge in [-0.1, -0.05) is 0 Å². The van der Waals surface area contributed by atoms with Crippen LogP contribution in [0.4, 0.5) is 0 Å². The maximum Gasteiger partial charge on any atom is 0.119 e. The lowest BCUT2D eigenvalue weighted by Crippen LogP contribution is -2.12. The molecular weight excluding hydrogens is 102 g/mol. The zero-order valence-electron chi connectivity index (χ0n) is 5.15. The highest BCUT2D eigenvalue weighted by Crippen LogP contribution is 1.84. The first-order valence-corrected chi connectivity index (χ1v) is 2.37.